The van der Waals surface area contributed by atoms with Crippen molar-refractivity contribution < 1.29 is 28.5 Å². The second-order valence-electron chi connectivity index (χ2n) is 8.31. The summed E-state index contributed by atoms with van der Waals surface area (Å²) in [4.78, 5) is 23.3. The predicted octanol–water partition coefficient (Wildman–Crippen LogP) is 4.23. The van der Waals surface area contributed by atoms with Gasteiger partial charge in [-0.1, -0.05) is 11.6 Å². The average Bonchev–Trinajstić information content (AvgIpc) is 2.61. The van der Waals surface area contributed by atoms with Crippen molar-refractivity contribution in [2.24, 2.45) is 0 Å². The molecule has 1 N–H and O–H groups in total. The van der Waals surface area contributed by atoms with Crippen LogP contribution in [0.2, 0.25) is 5.02 Å². The summed E-state index contributed by atoms with van der Waals surface area (Å²) < 4.78 is 22.2. The normalized spacial score (nSPS) is 12.4. The molecule has 0 aliphatic carbocycles. The highest BCUT2D eigenvalue weighted by atomic mass is 35.5. The van der Waals surface area contributed by atoms with Gasteiger partial charge < -0.3 is 23.7 Å². The minimum Gasteiger partial charge on any atom is -0.427 e. The number of benzene rings is 1. The SMILES string of the molecule is CC(=O)Oc1ccc2c(COC(C)(C)CCOC(C)(C)CCO)c(Cl)c(=O)oc2c1. The zero-order valence-corrected chi connectivity index (χ0v) is 18.8. The van der Waals surface area contributed by atoms with E-state index in [0.717, 1.165) is 0 Å². The number of aliphatic hydroxyl groups excluding tert-OH is 1. The summed E-state index contributed by atoms with van der Waals surface area (Å²) in [6, 6.07) is 4.75. The molecule has 1 aromatic carbocycles. The van der Waals surface area contributed by atoms with Crippen molar-refractivity contribution in [1.29, 1.82) is 0 Å². The van der Waals surface area contributed by atoms with E-state index in [1.54, 1.807) is 12.1 Å². The minimum absolute atomic E-state index is 0.0427. The Morgan fingerprint density at radius 3 is 2.43 bits per heavy atom. The number of carbonyl (C=O) groups excluding carboxylic acids is 1. The van der Waals surface area contributed by atoms with Crippen LogP contribution in [-0.4, -0.2) is 35.5 Å². The Labute approximate surface area is 180 Å². The Bertz CT molecular complexity index is 946. The quantitative estimate of drug-likeness (QED) is 0.335. The fraction of sp³-hybridized carbons (Fsp3) is 0.545. The zero-order valence-electron chi connectivity index (χ0n) is 18.0. The summed E-state index contributed by atoms with van der Waals surface area (Å²) in [5.74, 6) is -0.198. The summed E-state index contributed by atoms with van der Waals surface area (Å²) in [5, 5.41) is 9.65. The topological polar surface area (TPSA) is 95.2 Å². The Hall–Kier alpha value is -1.93. The highest BCUT2D eigenvalue weighted by Gasteiger charge is 2.24. The molecule has 2 aromatic rings. The first-order valence-electron chi connectivity index (χ1n) is 9.76. The maximum atomic E-state index is 12.2. The van der Waals surface area contributed by atoms with Crippen molar-refractivity contribution in [3.8, 4) is 5.75 Å². The number of hydrogen-bond acceptors (Lipinski definition) is 7. The van der Waals surface area contributed by atoms with Crippen molar-refractivity contribution in [3.63, 3.8) is 0 Å². The van der Waals surface area contributed by atoms with Crippen LogP contribution >= 0.6 is 11.6 Å². The predicted molar refractivity (Wildman–Crippen MR) is 114 cm³/mol. The monoisotopic (exact) mass is 440 g/mol. The van der Waals surface area contributed by atoms with Crippen LogP contribution in [-0.2, 0) is 20.9 Å². The largest absolute Gasteiger partial charge is 0.427 e. The van der Waals surface area contributed by atoms with Crippen LogP contribution in [0.4, 0.5) is 0 Å². The van der Waals surface area contributed by atoms with Crippen LogP contribution in [0.15, 0.2) is 27.4 Å². The lowest BCUT2D eigenvalue weighted by Crippen LogP contribution is -2.31. The van der Waals surface area contributed by atoms with Crippen LogP contribution < -0.4 is 10.4 Å². The Kier molecular flexibility index (Phi) is 8.05. The lowest BCUT2D eigenvalue weighted by molar-refractivity contribution is -0.131. The molecule has 166 valence electrons. The summed E-state index contributed by atoms with van der Waals surface area (Å²) >= 11 is 6.20. The molecule has 0 unspecified atom stereocenters. The second-order valence-corrected chi connectivity index (χ2v) is 8.69. The molecule has 0 aliphatic rings. The van der Waals surface area contributed by atoms with Crippen molar-refractivity contribution in [2.45, 2.75) is 65.3 Å². The van der Waals surface area contributed by atoms with E-state index >= 15 is 0 Å². The van der Waals surface area contributed by atoms with Gasteiger partial charge >= 0.3 is 11.6 Å². The average molecular weight is 441 g/mol. The summed E-state index contributed by atoms with van der Waals surface area (Å²) in [5.41, 5.74) is -0.878. The molecule has 0 fully saturated rings. The highest BCUT2D eigenvalue weighted by Crippen LogP contribution is 2.29. The van der Waals surface area contributed by atoms with Crippen molar-refractivity contribution in [2.75, 3.05) is 13.2 Å². The maximum Gasteiger partial charge on any atom is 0.355 e. The molecule has 8 heteroatoms. The number of esters is 1. The van der Waals surface area contributed by atoms with E-state index in [9.17, 15) is 9.59 Å². The van der Waals surface area contributed by atoms with Gasteiger partial charge in [-0.05, 0) is 52.7 Å². The van der Waals surface area contributed by atoms with E-state index in [1.165, 1.54) is 13.0 Å². The number of carbonyl (C=O) groups is 1. The van der Waals surface area contributed by atoms with E-state index < -0.39 is 22.8 Å². The molecular formula is C22H29ClO7. The number of hydrogen-bond donors (Lipinski definition) is 1. The molecule has 2 rings (SSSR count). The first-order valence-corrected chi connectivity index (χ1v) is 10.1. The van der Waals surface area contributed by atoms with Gasteiger partial charge in [0.15, 0.2) is 0 Å². The first-order chi connectivity index (χ1) is 13.9. The fourth-order valence-electron chi connectivity index (χ4n) is 2.85. The Morgan fingerprint density at radius 2 is 1.80 bits per heavy atom. The maximum absolute atomic E-state index is 12.2. The number of ether oxygens (including phenoxy) is 3. The standard InChI is InChI=1S/C22H29ClO7/c1-14(25)29-15-6-7-16-17(19(23)20(26)30-18(16)12-15)13-28-22(4,5)9-11-27-21(2,3)8-10-24/h6-7,12,24H,8-11,13H2,1-5H3. The molecule has 0 aliphatic heterocycles. The lowest BCUT2D eigenvalue weighted by Gasteiger charge is -2.29. The smallest absolute Gasteiger partial charge is 0.355 e. The number of rotatable bonds is 10. The van der Waals surface area contributed by atoms with Gasteiger partial charge in [0, 0.05) is 30.5 Å². The first kappa shape index (κ1) is 24.3. The molecule has 30 heavy (non-hydrogen) atoms. The van der Waals surface area contributed by atoms with E-state index in [4.69, 9.17) is 35.3 Å². The third kappa shape index (κ3) is 6.80. The van der Waals surface area contributed by atoms with Gasteiger partial charge in [0.2, 0.25) is 0 Å². The van der Waals surface area contributed by atoms with E-state index in [-0.39, 0.29) is 29.6 Å². The summed E-state index contributed by atoms with van der Waals surface area (Å²) in [6.07, 6.45) is 1.15. The summed E-state index contributed by atoms with van der Waals surface area (Å²) in [7, 11) is 0. The Balaban J connectivity index is 2.15. The van der Waals surface area contributed by atoms with Gasteiger partial charge in [-0.15, -0.1) is 0 Å². The molecule has 0 saturated heterocycles. The van der Waals surface area contributed by atoms with Crippen molar-refractivity contribution in [3.05, 3.63) is 39.2 Å². The molecule has 0 atom stereocenters. The molecular weight excluding hydrogens is 412 g/mol. The van der Waals surface area contributed by atoms with Crippen molar-refractivity contribution in [1.82, 2.24) is 0 Å². The van der Waals surface area contributed by atoms with Crippen LogP contribution in [0.1, 0.15) is 53.0 Å². The number of halogens is 1. The van der Waals surface area contributed by atoms with E-state index in [2.05, 4.69) is 0 Å². The molecule has 0 bridgehead atoms. The van der Waals surface area contributed by atoms with Crippen molar-refractivity contribution >= 4 is 28.5 Å². The Morgan fingerprint density at radius 1 is 1.13 bits per heavy atom. The third-order valence-electron chi connectivity index (χ3n) is 4.70. The van der Waals surface area contributed by atoms with Crippen LogP contribution in [0.25, 0.3) is 11.0 Å². The molecule has 7 nitrogen and oxygen atoms in total. The van der Waals surface area contributed by atoms with Gasteiger partial charge in [0.1, 0.15) is 16.4 Å². The van der Waals surface area contributed by atoms with Gasteiger partial charge in [-0.2, -0.15) is 0 Å². The molecule has 0 radical (unpaired) electrons. The highest BCUT2D eigenvalue weighted by molar-refractivity contribution is 6.31. The minimum atomic E-state index is -0.686. The molecule has 0 spiro atoms. The second kappa shape index (κ2) is 9.92. The molecule has 1 heterocycles. The molecule has 0 amide bonds. The fourth-order valence-corrected chi connectivity index (χ4v) is 3.04. The molecule has 0 saturated carbocycles. The molecule has 1 aromatic heterocycles. The van der Waals surface area contributed by atoms with Gasteiger partial charge in [0.05, 0.1) is 24.4 Å². The van der Waals surface area contributed by atoms with Gasteiger partial charge in [-0.3, -0.25) is 4.79 Å². The number of aliphatic hydroxyl groups is 1. The van der Waals surface area contributed by atoms with Crippen LogP contribution in [0, 0.1) is 0 Å². The van der Waals surface area contributed by atoms with Gasteiger partial charge in [-0.25, -0.2) is 4.79 Å². The van der Waals surface area contributed by atoms with E-state index in [0.29, 0.717) is 30.4 Å². The number of fused-ring (bicyclic) bond motifs is 1. The zero-order chi connectivity index (χ0) is 22.5. The van der Waals surface area contributed by atoms with Crippen LogP contribution in [0.5, 0.6) is 5.75 Å². The van der Waals surface area contributed by atoms with Gasteiger partial charge in [0.25, 0.3) is 0 Å². The van der Waals surface area contributed by atoms with Crippen LogP contribution in [0.3, 0.4) is 0 Å². The summed E-state index contributed by atoms with van der Waals surface area (Å²) in [6.45, 7) is 9.61. The van der Waals surface area contributed by atoms with E-state index in [1.807, 2.05) is 27.7 Å². The third-order valence-corrected chi connectivity index (χ3v) is 5.09. The lowest BCUT2D eigenvalue weighted by atomic mass is 10.0.